The molecule has 0 aliphatic heterocycles. The topological polar surface area (TPSA) is 23.0 Å². The van der Waals surface area contributed by atoms with Crippen LogP contribution in [0.15, 0.2) is 247 Å². The van der Waals surface area contributed by atoms with Crippen molar-refractivity contribution in [2.75, 3.05) is 0 Å². The van der Waals surface area contributed by atoms with Crippen molar-refractivity contribution in [1.29, 1.82) is 0 Å². The zero-order valence-electron chi connectivity index (χ0n) is 39.9. The summed E-state index contributed by atoms with van der Waals surface area (Å²) in [6.45, 7) is 4.70. The van der Waals surface area contributed by atoms with Gasteiger partial charge in [0.2, 0.25) is 0 Å². The summed E-state index contributed by atoms with van der Waals surface area (Å²) in [6.07, 6.45) is 0. The summed E-state index contributed by atoms with van der Waals surface area (Å²) in [6, 6.07) is 89.3. The minimum absolute atomic E-state index is 0.0565. The summed E-state index contributed by atoms with van der Waals surface area (Å²) in [7, 11) is 0. The quantitative estimate of drug-likeness (QED) is 0.163. The molecule has 0 saturated heterocycles. The molecular formula is C69H46N2O. The molecule has 338 valence electrons. The molecule has 0 bridgehead atoms. The fourth-order valence-corrected chi connectivity index (χ4v) is 12.3. The summed E-state index contributed by atoms with van der Waals surface area (Å²) in [5.74, 6) is 0. The molecule has 14 aromatic rings. The van der Waals surface area contributed by atoms with E-state index in [1.54, 1.807) is 0 Å². The highest BCUT2D eigenvalue weighted by Crippen LogP contribution is 2.50. The number of aromatic nitrogens is 2. The van der Waals surface area contributed by atoms with Gasteiger partial charge in [0.1, 0.15) is 11.2 Å². The molecule has 0 amide bonds. The third kappa shape index (κ3) is 5.98. The number of benzene rings is 11. The van der Waals surface area contributed by atoms with Gasteiger partial charge in [-0.3, -0.25) is 0 Å². The van der Waals surface area contributed by atoms with Gasteiger partial charge in [-0.25, -0.2) is 0 Å². The van der Waals surface area contributed by atoms with Crippen LogP contribution in [0.3, 0.4) is 0 Å². The smallest absolute Gasteiger partial charge is 0.143 e. The minimum atomic E-state index is -0.0565. The third-order valence-corrected chi connectivity index (χ3v) is 15.7. The molecule has 3 nitrogen and oxygen atoms in total. The van der Waals surface area contributed by atoms with Gasteiger partial charge >= 0.3 is 0 Å². The van der Waals surface area contributed by atoms with Crippen LogP contribution in [0.1, 0.15) is 25.0 Å². The molecule has 0 unspecified atom stereocenters. The maximum absolute atomic E-state index is 6.77. The van der Waals surface area contributed by atoms with E-state index in [0.29, 0.717) is 0 Å². The normalized spacial score (nSPS) is 13.0. The Labute approximate surface area is 417 Å². The Balaban J connectivity index is 0.968. The largest absolute Gasteiger partial charge is 0.455 e. The first-order chi connectivity index (χ1) is 35.5. The second kappa shape index (κ2) is 15.4. The van der Waals surface area contributed by atoms with Gasteiger partial charge in [0, 0.05) is 60.2 Å². The Hall–Kier alpha value is -9.18. The average molecular weight is 919 g/mol. The summed E-state index contributed by atoms with van der Waals surface area (Å²) >= 11 is 0. The van der Waals surface area contributed by atoms with Crippen LogP contribution in [0.25, 0.3) is 133 Å². The van der Waals surface area contributed by atoms with E-state index in [0.717, 1.165) is 61.0 Å². The highest BCUT2D eigenvalue weighted by molar-refractivity contribution is 6.15. The van der Waals surface area contributed by atoms with Gasteiger partial charge < -0.3 is 13.6 Å². The number of hydrogen-bond acceptors (Lipinski definition) is 1. The lowest BCUT2D eigenvalue weighted by atomic mass is 9.82. The molecule has 0 spiro atoms. The second-order valence-electron chi connectivity index (χ2n) is 20.0. The highest BCUT2D eigenvalue weighted by atomic mass is 16.3. The van der Waals surface area contributed by atoms with E-state index in [4.69, 9.17) is 4.42 Å². The van der Waals surface area contributed by atoms with Crippen molar-refractivity contribution < 1.29 is 4.42 Å². The number of nitrogens with zero attached hydrogens (tertiary/aromatic N) is 2. The molecule has 0 saturated carbocycles. The number of fused-ring (bicyclic) bond motifs is 12. The summed E-state index contributed by atoms with van der Waals surface area (Å²) in [5.41, 5.74) is 23.3. The molecule has 15 rings (SSSR count). The maximum Gasteiger partial charge on any atom is 0.143 e. The van der Waals surface area contributed by atoms with Gasteiger partial charge in [-0.15, -0.1) is 0 Å². The molecule has 0 N–H and O–H groups in total. The molecule has 72 heavy (non-hydrogen) atoms. The van der Waals surface area contributed by atoms with Crippen LogP contribution in [0.4, 0.5) is 0 Å². The number of furan rings is 1. The van der Waals surface area contributed by atoms with Gasteiger partial charge in [-0.05, 0) is 128 Å². The van der Waals surface area contributed by atoms with Gasteiger partial charge in [-0.2, -0.15) is 0 Å². The molecule has 0 atom stereocenters. The lowest BCUT2D eigenvalue weighted by molar-refractivity contribution is 0.660. The summed E-state index contributed by atoms with van der Waals surface area (Å²) < 4.78 is 11.7. The van der Waals surface area contributed by atoms with Crippen LogP contribution in [-0.2, 0) is 5.41 Å². The Morgan fingerprint density at radius 1 is 0.306 bits per heavy atom. The van der Waals surface area contributed by atoms with Gasteiger partial charge in [0.05, 0.1) is 22.1 Å². The number of rotatable bonds is 6. The Kier molecular flexibility index (Phi) is 8.71. The summed E-state index contributed by atoms with van der Waals surface area (Å²) in [5, 5.41) is 7.12. The van der Waals surface area contributed by atoms with E-state index in [2.05, 4.69) is 266 Å². The highest BCUT2D eigenvalue weighted by Gasteiger charge is 2.35. The molecule has 1 aliphatic carbocycles. The van der Waals surface area contributed by atoms with Crippen LogP contribution in [0, 0.1) is 0 Å². The van der Waals surface area contributed by atoms with Crippen molar-refractivity contribution in [3.8, 4) is 67.0 Å². The lowest BCUT2D eigenvalue weighted by Gasteiger charge is -2.21. The van der Waals surface area contributed by atoms with Crippen LogP contribution >= 0.6 is 0 Å². The summed E-state index contributed by atoms with van der Waals surface area (Å²) in [4.78, 5) is 0. The molecule has 11 aromatic carbocycles. The van der Waals surface area contributed by atoms with Crippen molar-refractivity contribution >= 4 is 65.6 Å². The third-order valence-electron chi connectivity index (χ3n) is 15.7. The van der Waals surface area contributed by atoms with Crippen molar-refractivity contribution in [2.24, 2.45) is 0 Å². The van der Waals surface area contributed by atoms with E-state index in [9.17, 15) is 0 Å². The second-order valence-corrected chi connectivity index (χ2v) is 20.0. The van der Waals surface area contributed by atoms with E-state index in [-0.39, 0.29) is 5.41 Å². The van der Waals surface area contributed by atoms with Crippen molar-refractivity contribution in [1.82, 2.24) is 9.13 Å². The monoisotopic (exact) mass is 918 g/mol. The Morgan fingerprint density at radius 2 is 0.875 bits per heavy atom. The molecule has 0 radical (unpaired) electrons. The van der Waals surface area contributed by atoms with Crippen LogP contribution in [0.2, 0.25) is 0 Å². The van der Waals surface area contributed by atoms with Crippen molar-refractivity contribution in [3.63, 3.8) is 0 Å². The van der Waals surface area contributed by atoms with Crippen molar-refractivity contribution in [2.45, 2.75) is 19.3 Å². The predicted molar refractivity (Wildman–Crippen MR) is 302 cm³/mol. The van der Waals surface area contributed by atoms with Crippen LogP contribution in [0.5, 0.6) is 0 Å². The predicted octanol–water partition coefficient (Wildman–Crippen LogP) is 18.8. The van der Waals surface area contributed by atoms with E-state index in [1.807, 2.05) is 0 Å². The molecule has 3 aromatic heterocycles. The zero-order valence-corrected chi connectivity index (χ0v) is 39.9. The van der Waals surface area contributed by atoms with Gasteiger partial charge in [-0.1, -0.05) is 184 Å². The average Bonchev–Trinajstić information content (AvgIpc) is 4.16. The lowest BCUT2D eigenvalue weighted by Crippen LogP contribution is -2.14. The SMILES string of the molecule is CC1(C)c2ccccc2-c2cc(-n3c4ccccc4c4cc(-c5cc(-c6cccc7c6oc6ccccc67)cc(-c6cccc7c8ccccc8n(-c8cccc(-c9ccccc9)c8)c67)c5)ccc43)ccc21. The van der Waals surface area contributed by atoms with Crippen LogP contribution in [-0.4, -0.2) is 9.13 Å². The van der Waals surface area contributed by atoms with Crippen LogP contribution < -0.4 is 0 Å². The van der Waals surface area contributed by atoms with Crippen molar-refractivity contribution in [3.05, 3.63) is 254 Å². The number of para-hydroxylation sites is 5. The van der Waals surface area contributed by atoms with E-state index in [1.165, 1.54) is 82.7 Å². The standard InChI is InChI=1S/C69H46N2O/c1-69(2)61-29-10-6-21-53(61)59-42-50(34-35-62(59)69)70-63-30-11-8-23-55(63)60-41-45(33-36-65(60)70)46-37-47(39-48(38-46)52-26-16-28-58-56-24-9-13-32-66(56)72-68(52)58)51-25-15-27-57-54-22-7-12-31-64(54)71(67(51)57)49-20-14-19-44(40-49)43-17-4-3-5-18-43/h3-42H,1-2H3. The first-order valence-electron chi connectivity index (χ1n) is 25.0. The zero-order chi connectivity index (χ0) is 47.7. The Bertz CT molecular complexity index is 4540. The first-order valence-corrected chi connectivity index (χ1v) is 25.0. The minimum Gasteiger partial charge on any atom is -0.455 e. The molecule has 3 heteroatoms. The fourth-order valence-electron chi connectivity index (χ4n) is 12.3. The fraction of sp³-hybridized carbons (Fsp3) is 0.0435. The van der Waals surface area contributed by atoms with E-state index >= 15 is 0 Å². The number of hydrogen-bond donors (Lipinski definition) is 0. The van der Waals surface area contributed by atoms with Gasteiger partial charge in [0.25, 0.3) is 0 Å². The molecule has 0 fully saturated rings. The maximum atomic E-state index is 6.77. The molecular weight excluding hydrogens is 873 g/mol. The molecule has 3 heterocycles. The molecule has 1 aliphatic rings. The first kappa shape index (κ1) is 40.7. The van der Waals surface area contributed by atoms with E-state index < -0.39 is 0 Å². The van der Waals surface area contributed by atoms with Gasteiger partial charge in [0.15, 0.2) is 0 Å². The Morgan fingerprint density at radius 3 is 1.72 bits per heavy atom.